The largest absolute Gasteiger partial charge is 0.348 e. The van der Waals surface area contributed by atoms with Crippen molar-refractivity contribution >= 4 is 22.7 Å². The first-order valence-corrected chi connectivity index (χ1v) is 9.40. The Hall–Kier alpha value is -2.54. The van der Waals surface area contributed by atoms with Crippen molar-refractivity contribution in [1.82, 2.24) is 4.98 Å². The van der Waals surface area contributed by atoms with Gasteiger partial charge in [-0.05, 0) is 18.1 Å². The molecule has 0 saturated carbocycles. The lowest BCUT2D eigenvalue weighted by Crippen LogP contribution is -2.17. The van der Waals surface area contributed by atoms with Crippen molar-refractivity contribution < 1.29 is 9.47 Å². The summed E-state index contributed by atoms with van der Waals surface area (Å²) in [5.74, 6) is 0. The van der Waals surface area contributed by atoms with E-state index in [1.807, 2.05) is 60.0 Å². The Morgan fingerprint density at radius 3 is 2.77 bits per heavy atom. The van der Waals surface area contributed by atoms with Crippen LogP contribution in [-0.4, -0.2) is 24.4 Å². The molecule has 0 bridgehead atoms. The highest BCUT2D eigenvalue weighted by Gasteiger charge is 2.16. The van der Waals surface area contributed by atoms with Gasteiger partial charge in [0.1, 0.15) is 0 Å². The van der Waals surface area contributed by atoms with Crippen LogP contribution in [0, 0.1) is 0 Å². The average molecular weight is 365 g/mol. The number of thiazole rings is 1. The van der Waals surface area contributed by atoms with Gasteiger partial charge in [0.15, 0.2) is 6.29 Å². The molecule has 3 aromatic rings. The molecule has 1 aliphatic rings. The van der Waals surface area contributed by atoms with Crippen molar-refractivity contribution in [3.63, 3.8) is 0 Å². The Morgan fingerprint density at radius 1 is 1.08 bits per heavy atom. The van der Waals surface area contributed by atoms with E-state index in [4.69, 9.17) is 9.47 Å². The summed E-state index contributed by atoms with van der Waals surface area (Å²) in [6.45, 7) is 1.47. The van der Waals surface area contributed by atoms with Crippen LogP contribution in [0.5, 0.6) is 0 Å². The van der Waals surface area contributed by atoms with Gasteiger partial charge in [-0.2, -0.15) is 5.10 Å². The Balaban J connectivity index is 1.40. The number of hydrogen-bond acceptors (Lipinski definition) is 6. The molecule has 4 rings (SSSR count). The van der Waals surface area contributed by atoms with Gasteiger partial charge in [-0.15, -0.1) is 11.3 Å². The molecular formula is C20H19N3O2S. The molecule has 5 nitrogen and oxygen atoms in total. The Kier molecular flexibility index (Phi) is 5.35. The number of hydrogen-bond donors (Lipinski definition) is 1. The van der Waals surface area contributed by atoms with Crippen LogP contribution in [0.15, 0.2) is 65.1 Å². The van der Waals surface area contributed by atoms with Crippen LogP contribution >= 0.6 is 11.3 Å². The van der Waals surface area contributed by atoms with Gasteiger partial charge in [-0.25, -0.2) is 4.98 Å². The van der Waals surface area contributed by atoms with Crippen LogP contribution in [0.3, 0.4) is 0 Å². The Bertz CT molecular complexity index is 874. The van der Waals surface area contributed by atoms with Crippen molar-refractivity contribution in [2.24, 2.45) is 5.10 Å². The lowest BCUT2D eigenvalue weighted by atomic mass is 10.1. The molecule has 1 aliphatic heterocycles. The van der Waals surface area contributed by atoms with E-state index in [0.29, 0.717) is 0 Å². The molecule has 2 aromatic carbocycles. The summed E-state index contributed by atoms with van der Waals surface area (Å²) >= 11 is 1.53. The number of aromatic nitrogens is 1. The van der Waals surface area contributed by atoms with E-state index in [9.17, 15) is 0 Å². The number of anilines is 1. The highest BCUT2D eigenvalue weighted by molar-refractivity contribution is 7.14. The number of nitrogens with zero attached hydrogens (tertiary/aromatic N) is 2. The average Bonchev–Trinajstić information content (AvgIpc) is 3.19. The summed E-state index contributed by atoms with van der Waals surface area (Å²) in [6, 6.07) is 18.1. The fourth-order valence-electron chi connectivity index (χ4n) is 2.69. The first-order valence-electron chi connectivity index (χ1n) is 8.52. The summed E-state index contributed by atoms with van der Waals surface area (Å²) in [5, 5.41) is 7.08. The van der Waals surface area contributed by atoms with Gasteiger partial charge in [0.25, 0.3) is 0 Å². The molecule has 0 spiro atoms. The third-order valence-electron chi connectivity index (χ3n) is 3.96. The third-order valence-corrected chi connectivity index (χ3v) is 4.70. The van der Waals surface area contributed by atoms with Crippen LogP contribution in [-0.2, 0) is 9.47 Å². The van der Waals surface area contributed by atoms with Crippen molar-refractivity contribution in [2.45, 2.75) is 12.7 Å². The maximum absolute atomic E-state index is 5.65. The highest BCUT2D eigenvalue weighted by Crippen LogP contribution is 2.25. The highest BCUT2D eigenvalue weighted by atomic mass is 32.1. The number of nitrogens with one attached hydrogen (secondary N) is 1. The maximum atomic E-state index is 5.65. The van der Waals surface area contributed by atoms with E-state index >= 15 is 0 Å². The van der Waals surface area contributed by atoms with Crippen molar-refractivity contribution in [3.05, 3.63) is 71.1 Å². The number of rotatable bonds is 5. The standard InChI is InChI=1S/C20H19N3O2S/c1-2-7-16(8-3-1)18-14-26-20(22-18)23-21-13-15-6-4-9-17(12-15)19-24-10-5-11-25-19/h1-4,6-9,12-14,19H,5,10-11H2,(H,22,23). The molecule has 0 aliphatic carbocycles. The maximum Gasteiger partial charge on any atom is 0.203 e. The molecule has 26 heavy (non-hydrogen) atoms. The monoisotopic (exact) mass is 365 g/mol. The molecule has 0 radical (unpaired) electrons. The zero-order valence-corrected chi connectivity index (χ0v) is 15.0. The van der Waals surface area contributed by atoms with Crippen molar-refractivity contribution in [1.29, 1.82) is 0 Å². The molecule has 0 atom stereocenters. The molecule has 0 amide bonds. The summed E-state index contributed by atoms with van der Waals surface area (Å²) in [4.78, 5) is 4.56. The summed E-state index contributed by atoms with van der Waals surface area (Å²) < 4.78 is 11.3. The Morgan fingerprint density at radius 2 is 1.92 bits per heavy atom. The molecule has 0 unspecified atom stereocenters. The molecule has 1 N–H and O–H groups in total. The van der Waals surface area contributed by atoms with Gasteiger partial charge in [-0.3, -0.25) is 5.43 Å². The summed E-state index contributed by atoms with van der Waals surface area (Å²) in [6.07, 6.45) is 2.44. The van der Waals surface area contributed by atoms with Gasteiger partial charge >= 0.3 is 0 Å². The minimum absolute atomic E-state index is 0.280. The number of hydrazone groups is 1. The fraction of sp³-hybridized carbons (Fsp3) is 0.200. The Labute approximate surface area is 156 Å². The lowest BCUT2D eigenvalue weighted by molar-refractivity contribution is -0.183. The molecule has 2 heterocycles. The van der Waals surface area contributed by atoms with Crippen LogP contribution in [0.4, 0.5) is 5.13 Å². The number of ether oxygens (including phenoxy) is 2. The van der Waals surface area contributed by atoms with E-state index in [0.717, 1.165) is 47.2 Å². The van der Waals surface area contributed by atoms with Crippen LogP contribution in [0.1, 0.15) is 23.8 Å². The second kappa shape index (κ2) is 8.23. The first kappa shape index (κ1) is 16.9. The van der Waals surface area contributed by atoms with Crippen LogP contribution in [0.2, 0.25) is 0 Å². The molecule has 6 heteroatoms. The molecule has 1 aromatic heterocycles. The SMILES string of the molecule is C(=NNc1nc(-c2ccccc2)cs1)c1cccc(C2OCCCO2)c1. The normalized spacial score (nSPS) is 15.4. The van der Waals surface area contributed by atoms with Crippen molar-refractivity contribution in [2.75, 3.05) is 18.6 Å². The predicted molar refractivity (Wildman–Crippen MR) is 104 cm³/mol. The minimum Gasteiger partial charge on any atom is -0.348 e. The third kappa shape index (κ3) is 4.16. The second-order valence-electron chi connectivity index (χ2n) is 5.87. The zero-order valence-electron chi connectivity index (χ0n) is 14.2. The van der Waals surface area contributed by atoms with E-state index in [2.05, 4.69) is 15.5 Å². The minimum atomic E-state index is -0.280. The second-order valence-corrected chi connectivity index (χ2v) is 6.73. The quantitative estimate of drug-likeness (QED) is 0.526. The van der Waals surface area contributed by atoms with E-state index in [1.165, 1.54) is 11.3 Å². The van der Waals surface area contributed by atoms with Gasteiger partial charge in [0, 0.05) is 16.5 Å². The molecule has 1 fully saturated rings. The smallest absolute Gasteiger partial charge is 0.203 e. The first-order chi connectivity index (χ1) is 12.9. The molecular weight excluding hydrogens is 346 g/mol. The van der Waals surface area contributed by atoms with Crippen LogP contribution in [0.25, 0.3) is 11.3 Å². The van der Waals surface area contributed by atoms with Crippen molar-refractivity contribution in [3.8, 4) is 11.3 Å². The van der Waals surface area contributed by atoms with Gasteiger partial charge in [-0.1, -0.05) is 48.5 Å². The zero-order chi connectivity index (χ0) is 17.6. The van der Waals surface area contributed by atoms with E-state index < -0.39 is 0 Å². The van der Waals surface area contributed by atoms with E-state index in [1.54, 1.807) is 6.21 Å². The molecule has 132 valence electrons. The fourth-order valence-corrected chi connectivity index (χ4v) is 3.36. The van der Waals surface area contributed by atoms with Gasteiger partial charge in [0.2, 0.25) is 5.13 Å². The molecule has 1 saturated heterocycles. The van der Waals surface area contributed by atoms with Gasteiger partial charge in [0.05, 0.1) is 25.1 Å². The lowest BCUT2D eigenvalue weighted by Gasteiger charge is -2.23. The van der Waals surface area contributed by atoms with E-state index in [-0.39, 0.29) is 6.29 Å². The predicted octanol–water partition coefficient (Wildman–Crippen LogP) is 4.69. The number of benzene rings is 2. The topological polar surface area (TPSA) is 55.7 Å². The van der Waals surface area contributed by atoms with Crippen LogP contribution < -0.4 is 5.43 Å². The summed E-state index contributed by atoms with van der Waals surface area (Å²) in [5.41, 5.74) is 7.03. The van der Waals surface area contributed by atoms with Gasteiger partial charge < -0.3 is 9.47 Å². The summed E-state index contributed by atoms with van der Waals surface area (Å²) in [7, 11) is 0.